The fourth-order valence-corrected chi connectivity index (χ4v) is 1.22. The molecule has 0 amide bonds. The van der Waals surface area contributed by atoms with Crippen LogP contribution < -0.4 is 5.32 Å². The van der Waals surface area contributed by atoms with E-state index in [1.807, 2.05) is 13.8 Å². The lowest BCUT2D eigenvalue weighted by molar-refractivity contribution is 0.309. The first-order valence-corrected chi connectivity index (χ1v) is 4.86. The zero-order chi connectivity index (χ0) is 8.53. The summed E-state index contributed by atoms with van der Waals surface area (Å²) in [5, 5.41) is 3.37. The summed E-state index contributed by atoms with van der Waals surface area (Å²) in [5.74, 6) is 0. The molecule has 1 fully saturated rings. The Morgan fingerprint density at radius 1 is 1.27 bits per heavy atom. The molecule has 1 aliphatic rings. The molecule has 0 atom stereocenters. The molecule has 0 radical (unpaired) electrons. The summed E-state index contributed by atoms with van der Waals surface area (Å²) in [6.45, 7) is 12.3. The van der Waals surface area contributed by atoms with Crippen LogP contribution in [0.25, 0.3) is 0 Å². The van der Waals surface area contributed by atoms with Gasteiger partial charge in [-0.1, -0.05) is 20.8 Å². The number of hydrogen-bond acceptors (Lipinski definition) is 2. The lowest BCUT2D eigenvalue weighted by Crippen LogP contribution is -2.27. The Hall–Kier alpha value is -0.0800. The van der Waals surface area contributed by atoms with Crippen LogP contribution in [0.5, 0.6) is 0 Å². The van der Waals surface area contributed by atoms with Crippen LogP contribution in [0, 0.1) is 0 Å². The first-order chi connectivity index (χ1) is 5.43. The van der Waals surface area contributed by atoms with Gasteiger partial charge < -0.3 is 10.2 Å². The summed E-state index contributed by atoms with van der Waals surface area (Å²) in [6, 6.07) is 0. The molecule has 1 aliphatic heterocycles. The number of nitrogens with zero attached hydrogens (tertiary/aromatic N) is 1. The van der Waals surface area contributed by atoms with E-state index >= 15 is 0 Å². The van der Waals surface area contributed by atoms with Gasteiger partial charge in [-0.15, -0.1) is 0 Å². The molecule has 0 aliphatic carbocycles. The molecule has 0 aromatic rings. The summed E-state index contributed by atoms with van der Waals surface area (Å²) < 4.78 is 0. The first-order valence-electron chi connectivity index (χ1n) is 4.86. The number of rotatable bonds is 1. The maximum Gasteiger partial charge on any atom is 0.0107 e. The summed E-state index contributed by atoms with van der Waals surface area (Å²) in [4.78, 5) is 2.49. The van der Waals surface area contributed by atoms with Crippen molar-refractivity contribution in [1.82, 2.24) is 10.2 Å². The predicted molar refractivity (Wildman–Crippen MR) is 53.1 cm³/mol. The standard InChI is InChI=1S/C7H16N2.C2H6.H2/c1-2-9-6-3-4-8-5-7-9;1-2;/h8H,2-7H2,1H3;1-2H3;1H. The topological polar surface area (TPSA) is 15.3 Å². The van der Waals surface area contributed by atoms with E-state index in [-0.39, 0.29) is 1.43 Å². The Morgan fingerprint density at radius 2 is 2.00 bits per heavy atom. The molecule has 2 heteroatoms. The summed E-state index contributed by atoms with van der Waals surface area (Å²) in [5.41, 5.74) is 0. The maximum atomic E-state index is 3.37. The van der Waals surface area contributed by atoms with Crippen LogP contribution in [0.4, 0.5) is 0 Å². The quantitative estimate of drug-likeness (QED) is 0.626. The molecule has 0 saturated carbocycles. The van der Waals surface area contributed by atoms with E-state index in [9.17, 15) is 0 Å². The Bertz CT molecular complexity index is 70.9. The van der Waals surface area contributed by atoms with Crippen LogP contribution in [0.3, 0.4) is 0 Å². The Balaban J connectivity index is 0. The van der Waals surface area contributed by atoms with Crippen molar-refractivity contribution in [1.29, 1.82) is 0 Å². The highest BCUT2D eigenvalue weighted by Crippen LogP contribution is 1.92. The van der Waals surface area contributed by atoms with Gasteiger partial charge in [-0.2, -0.15) is 0 Å². The third kappa shape index (κ3) is 5.22. The molecule has 11 heavy (non-hydrogen) atoms. The van der Waals surface area contributed by atoms with E-state index in [1.54, 1.807) is 0 Å². The molecule has 0 aromatic heterocycles. The third-order valence-corrected chi connectivity index (χ3v) is 1.88. The number of likely N-dealkylation sites (N-methyl/N-ethyl adjacent to an activating group) is 1. The van der Waals surface area contributed by atoms with Crippen molar-refractivity contribution in [3.63, 3.8) is 0 Å². The zero-order valence-electron chi connectivity index (χ0n) is 8.19. The van der Waals surface area contributed by atoms with Gasteiger partial charge in [-0.25, -0.2) is 0 Å². The second-order valence-corrected chi connectivity index (χ2v) is 2.54. The molecular formula is C9H24N2. The van der Waals surface area contributed by atoms with Gasteiger partial charge in [0, 0.05) is 14.5 Å². The number of nitrogens with one attached hydrogen (secondary N) is 1. The van der Waals surface area contributed by atoms with Gasteiger partial charge in [0.15, 0.2) is 0 Å². The zero-order valence-corrected chi connectivity index (χ0v) is 8.19. The van der Waals surface area contributed by atoms with Gasteiger partial charge in [0.05, 0.1) is 0 Å². The Morgan fingerprint density at radius 3 is 2.64 bits per heavy atom. The van der Waals surface area contributed by atoms with E-state index in [0.29, 0.717) is 0 Å². The van der Waals surface area contributed by atoms with Crippen LogP contribution in [0.1, 0.15) is 28.6 Å². The third-order valence-electron chi connectivity index (χ3n) is 1.88. The molecule has 0 bridgehead atoms. The van der Waals surface area contributed by atoms with E-state index in [4.69, 9.17) is 0 Å². The van der Waals surface area contributed by atoms with Crippen molar-refractivity contribution in [2.24, 2.45) is 0 Å². The van der Waals surface area contributed by atoms with Gasteiger partial charge in [0.2, 0.25) is 0 Å². The molecule has 1 heterocycles. The van der Waals surface area contributed by atoms with Gasteiger partial charge in [-0.05, 0) is 26.1 Å². The largest absolute Gasteiger partial charge is 0.315 e. The second kappa shape index (κ2) is 8.02. The van der Waals surface area contributed by atoms with E-state index in [2.05, 4.69) is 17.1 Å². The molecule has 2 nitrogen and oxygen atoms in total. The van der Waals surface area contributed by atoms with Crippen molar-refractivity contribution in [3.05, 3.63) is 0 Å². The van der Waals surface area contributed by atoms with Crippen molar-refractivity contribution in [3.8, 4) is 0 Å². The monoisotopic (exact) mass is 160 g/mol. The van der Waals surface area contributed by atoms with E-state index in [1.165, 1.54) is 39.1 Å². The minimum atomic E-state index is 0. The lowest BCUT2D eigenvalue weighted by Gasteiger charge is -2.15. The minimum absolute atomic E-state index is 0. The summed E-state index contributed by atoms with van der Waals surface area (Å²) >= 11 is 0. The summed E-state index contributed by atoms with van der Waals surface area (Å²) in [7, 11) is 0. The molecule has 1 rings (SSSR count). The van der Waals surface area contributed by atoms with Crippen molar-refractivity contribution >= 4 is 0 Å². The Labute approximate surface area is 72.5 Å². The maximum absolute atomic E-state index is 3.37. The highest BCUT2D eigenvalue weighted by Gasteiger charge is 2.03. The van der Waals surface area contributed by atoms with Gasteiger partial charge in [0.1, 0.15) is 0 Å². The van der Waals surface area contributed by atoms with Crippen molar-refractivity contribution < 1.29 is 1.43 Å². The van der Waals surface area contributed by atoms with Crippen LogP contribution in [0.2, 0.25) is 0 Å². The van der Waals surface area contributed by atoms with Crippen LogP contribution in [-0.2, 0) is 0 Å². The molecule has 70 valence electrons. The molecule has 0 unspecified atom stereocenters. The average Bonchev–Trinajstić information content (AvgIpc) is 2.35. The SMILES string of the molecule is CC.CCN1CCCNCC1.[HH]. The lowest BCUT2D eigenvalue weighted by atomic mass is 10.4. The van der Waals surface area contributed by atoms with Crippen LogP contribution in [0.15, 0.2) is 0 Å². The fourth-order valence-electron chi connectivity index (χ4n) is 1.22. The Kier molecular flexibility index (Phi) is 7.96. The second-order valence-electron chi connectivity index (χ2n) is 2.54. The smallest absolute Gasteiger partial charge is 0.0107 e. The molecule has 0 aromatic carbocycles. The molecular weight excluding hydrogens is 136 g/mol. The molecule has 1 N–H and O–H groups in total. The van der Waals surface area contributed by atoms with Crippen LogP contribution in [-0.4, -0.2) is 37.6 Å². The van der Waals surface area contributed by atoms with Crippen LogP contribution >= 0.6 is 0 Å². The predicted octanol–water partition coefficient (Wildman–Crippen LogP) is 1.57. The molecule has 0 spiro atoms. The van der Waals surface area contributed by atoms with E-state index < -0.39 is 0 Å². The normalized spacial score (nSPS) is 19.9. The summed E-state index contributed by atoms with van der Waals surface area (Å²) in [6.07, 6.45) is 1.31. The molecule has 1 saturated heterocycles. The highest BCUT2D eigenvalue weighted by atomic mass is 15.1. The number of hydrogen-bond donors (Lipinski definition) is 1. The van der Waals surface area contributed by atoms with Gasteiger partial charge >= 0.3 is 0 Å². The fraction of sp³-hybridized carbons (Fsp3) is 1.00. The average molecular weight is 160 g/mol. The minimum Gasteiger partial charge on any atom is -0.315 e. The van der Waals surface area contributed by atoms with Crippen molar-refractivity contribution in [2.75, 3.05) is 32.7 Å². The van der Waals surface area contributed by atoms with Gasteiger partial charge in [-0.3, -0.25) is 0 Å². The first kappa shape index (κ1) is 10.9. The van der Waals surface area contributed by atoms with Crippen molar-refractivity contribution in [2.45, 2.75) is 27.2 Å². The van der Waals surface area contributed by atoms with Gasteiger partial charge in [0.25, 0.3) is 0 Å². The highest BCUT2D eigenvalue weighted by molar-refractivity contribution is 4.63. The van der Waals surface area contributed by atoms with E-state index in [0.717, 1.165) is 0 Å².